The van der Waals surface area contributed by atoms with Crippen LogP contribution in [0.2, 0.25) is 0 Å². The normalized spacial score (nSPS) is 10.4. The summed E-state index contributed by atoms with van der Waals surface area (Å²) in [5, 5.41) is 15.8. The van der Waals surface area contributed by atoms with Crippen molar-refractivity contribution in [2.75, 3.05) is 10.6 Å². The van der Waals surface area contributed by atoms with Crippen LogP contribution in [-0.4, -0.2) is 11.0 Å². The predicted octanol–water partition coefficient (Wildman–Crippen LogP) is 3.60. The fourth-order valence-electron chi connectivity index (χ4n) is 1.82. The molecule has 110 valence electrons. The lowest BCUT2D eigenvalue weighted by Crippen LogP contribution is -2.17. The molecule has 4 nitrogen and oxygen atoms in total. The van der Waals surface area contributed by atoms with Crippen molar-refractivity contribution in [2.24, 2.45) is 5.92 Å². The molecule has 3 N–H and O–H groups in total. The smallest absolute Gasteiger partial charge is 0.226 e. The summed E-state index contributed by atoms with van der Waals surface area (Å²) in [5.41, 5.74) is 2.55. The summed E-state index contributed by atoms with van der Waals surface area (Å²) < 4.78 is 0. The van der Waals surface area contributed by atoms with Crippen LogP contribution in [0, 0.1) is 5.92 Å². The fraction of sp³-hybridized carbons (Fsp3) is 0.235. The first-order valence-corrected chi connectivity index (χ1v) is 6.98. The summed E-state index contributed by atoms with van der Waals surface area (Å²) in [6.07, 6.45) is 0. The first-order valence-electron chi connectivity index (χ1n) is 6.98. The van der Waals surface area contributed by atoms with Crippen molar-refractivity contribution in [3.63, 3.8) is 0 Å². The van der Waals surface area contributed by atoms with Gasteiger partial charge in [-0.1, -0.05) is 32.0 Å². The molecule has 21 heavy (non-hydrogen) atoms. The van der Waals surface area contributed by atoms with Crippen molar-refractivity contribution in [3.8, 4) is 5.75 Å². The number of amides is 1. The van der Waals surface area contributed by atoms with E-state index < -0.39 is 0 Å². The van der Waals surface area contributed by atoms with Crippen molar-refractivity contribution < 1.29 is 9.90 Å². The van der Waals surface area contributed by atoms with Crippen molar-refractivity contribution in [1.82, 2.24) is 0 Å². The van der Waals surface area contributed by atoms with Gasteiger partial charge in [-0.25, -0.2) is 0 Å². The number of rotatable bonds is 5. The van der Waals surface area contributed by atoms with Crippen LogP contribution in [0.4, 0.5) is 11.4 Å². The molecule has 0 atom stereocenters. The lowest BCUT2D eigenvalue weighted by Gasteiger charge is -2.10. The molecule has 0 saturated heterocycles. The Morgan fingerprint density at radius 2 is 1.67 bits per heavy atom. The zero-order valence-corrected chi connectivity index (χ0v) is 12.3. The third-order valence-corrected chi connectivity index (χ3v) is 3.15. The lowest BCUT2D eigenvalue weighted by atomic mass is 10.2. The van der Waals surface area contributed by atoms with E-state index in [0.717, 1.165) is 16.9 Å². The minimum Gasteiger partial charge on any atom is -0.508 e. The van der Waals surface area contributed by atoms with Gasteiger partial charge in [-0.3, -0.25) is 4.79 Å². The summed E-state index contributed by atoms with van der Waals surface area (Å²) in [6, 6.07) is 14.7. The Hall–Kier alpha value is -2.49. The molecule has 0 saturated carbocycles. The molecule has 0 unspecified atom stereocenters. The molecule has 2 aromatic rings. The Labute approximate surface area is 124 Å². The van der Waals surface area contributed by atoms with Crippen LogP contribution in [0.25, 0.3) is 0 Å². The van der Waals surface area contributed by atoms with Gasteiger partial charge in [0.2, 0.25) is 5.91 Å². The minimum atomic E-state index is -0.0381. The van der Waals surface area contributed by atoms with E-state index in [9.17, 15) is 9.90 Å². The maximum Gasteiger partial charge on any atom is 0.226 e. The number of carbonyl (C=O) groups is 1. The van der Waals surface area contributed by atoms with Crippen LogP contribution in [-0.2, 0) is 11.3 Å². The third kappa shape index (κ3) is 4.24. The molecule has 0 aliphatic heterocycles. The van der Waals surface area contributed by atoms with Gasteiger partial charge in [-0.05, 0) is 30.3 Å². The van der Waals surface area contributed by atoms with Crippen LogP contribution >= 0.6 is 0 Å². The number of para-hydroxylation sites is 1. The lowest BCUT2D eigenvalue weighted by molar-refractivity contribution is -0.118. The van der Waals surface area contributed by atoms with Crippen LogP contribution in [0.1, 0.15) is 19.4 Å². The van der Waals surface area contributed by atoms with E-state index in [0.29, 0.717) is 6.54 Å². The number of hydrogen-bond acceptors (Lipinski definition) is 3. The Morgan fingerprint density at radius 3 is 2.29 bits per heavy atom. The second kappa shape index (κ2) is 6.79. The molecule has 0 bridgehead atoms. The van der Waals surface area contributed by atoms with Crippen molar-refractivity contribution in [1.29, 1.82) is 0 Å². The molecule has 0 aliphatic rings. The largest absolute Gasteiger partial charge is 0.508 e. The van der Waals surface area contributed by atoms with Crippen molar-refractivity contribution in [2.45, 2.75) is 20.4 Å². The molecule has 0 aromatic heterocycles. The maximum absolute atomic E-state index is 11.6. The molecule has 0 aliphatic carbocycles. The zero-order valence-electron chi connectivity index (χ0n) is 12.3. The topological polar surface area (TPSA) is 61.4 Å². The summed E-state index contributed by atoms with van der Waals surface area (Å²) in [7, 11) is 0. The highest BCUT2D eigenvalue weighted by Gasteiger charge is 2.06. The molecular formula is C17H20N2O2. The van der Waals surface area contributed by atoms with Crippen LogP contribution in [0.15, 0.2) is 48.5 Å². The average Bonchev–Trinajstić information content (AvgIpc) is 2.48. The fourth-order valence-corrected chi connectivity index (χ4v) is 1.82. The summed E-state index contributed by atoms with van der Waals surface area (Å²) in [4.78, 5) is 11.6. The molecule has 2 aromatic carbocycles. The van der Waals surface area contributed by atoms with Crippen LogP contribution in [0.5, 0.6) is 5.75 Å². The van der Waals surface area contributed by atoms with Gasteiger partial charge in [0.15, 0.2) is 0 Å². The van der Waals surface area contributed by atoms with E-state index in [1.807, 2.05) is 50.2 Å². The standard InChI is InChI=1S/C17H20N2O2/c1-12(2)17(21)19-15-9-7-14(8-10-15)18-11-13-5-3-4-6-16(13)20/h3-10,12,18,20H,11H2,1-2H3,(H,19,21). The third-order valence-electron chi connectivity index (χ3n) is 3.15. The molecule has 2 rings (SSSR count). The molecule has 4 heteroatoms. The van der Waals surface area contributed by atoms with Crippen molar-refractivity contribution >= 4 is 17.3 Å². The highest BCUT2D eigenvalue weighted by molar-refractivity contribution is 5.92. The summed E-state index contributed by atoms with van der Waals surface area (Å²) >= 11 is 0. The molecular weight excluding hydrogens is 264 g/mol. The second-order valence-electron chi connectivity index (χ2n) is 5.20. The number of nitrogens with one attached hydrogen (secondary N) is 2. The Morgan fingerprint density at radius 1 is 1.05 bits per heavy atom. The molecule has 0 fully saturated rings. The van der Waals surface area contributed by atoms with Gasteiger partial charge in [-0.2, -0.15) is 0 Å². The van der Waals surface area contributed by atoms with Gasteiger partial charge >= 0.3 is 0 Å². The highest BCUT2D eigenvalue weighted by atomic mass is 16.3. The number of phenols is 1. The summed E-state index contributed by atoms with van der Waals surface area (Å²) in [5.74, 6) is 0.250. The van der Waals surface area contributed by atoms with E-state index >= 15 is 0 Å². The van der Waals surface area contributed by atoms with Gasteiger partial charge in [-0.15, -0.1) is 0 Å². The monoisotopic (exact) mass is 284 g/mol. The number of anilines is 2. The SMILES string of the molecule is CC(C)C(=O)Nc1ccc(NCc2ccccc2O)cc1. The number of carbonyl (C=O) groups excluding carboxylic acids is 1. The van der Waals surface area contributed by atoms with Crippen LogP contribution < -0.4 is 10.6 Å². The van der Waals surface area contributed by atoms with Crippen LogP contribution in [0.3, 0.4) is 0 Å². The van der Waals surface area contributed by atoms with Crippen molar-refractivity contribution in [3.05, 3.63) is 54.1 Å². The Kier molecular flexibility index (Phi) is 4.82. The number of benzene rings is 2. The van der Waals surface area contributed by atoms with E-state index in [2.05, 4.69) is 10.6 Å². The Bertz CT molecular complexity index is 606. The molecule has 0 spiro atoms. The molecule has 1 amide bonds. The quantitative estimate of drug-likeness (QED) is 0.786. The van der Waals surface area contributed by atoms with Gasteiger partial charge in [0.1, 0.15) is 5.75 Å². The highest BCUT2D eigenvalue weighted by Crippen LogP contribution is 2.19. The number of aromatic hydroxyl groups is 1. The predicted molar refractivity (Wildman–Crippen MR) is 85.3 cm³/mol. The summed E-state index contributed by atoms with van der Waals surface area (Å²) in [6.45, 7) is 4.26. The molecule has 0 radical (unpaired) electrons. The Balaban J connectivity index is 1.94. The molecule has 0 heterocycles. The van der Waals surface area contributed by atoms with Gasteiger partial charge in [0.05, 0.1) is 0 Å². The zero-order chi connectivity index (χ0) is 15.2. The minimum absolute atomic E-state index is 0.00455. The van der Waals surface area contributed by atoms with E-state index in [4.69, 9.17) is 0 Å². The van der Waals surface area contributed by atoms with Gasteiger partial charge < -0.3 is 15.7 Å². The maximum atomic E-state index is 11.6. The average molecular weight is 284 g/mol. The number of hydrogen-bond donors (Lipinski definition) is 3. The number of phenolic OH excluding ortho intramolecular Hbond substituents is 1. The van der Waals surface area contributed by atoms with E-state index in [1.54, 1.807) is 12.1 Å². The van der Waals surface area contributed by atoms with E-state index in [-0.39, 0.29) is 17.6 Å². The van der Waals surface area contributed by atoms with Gasteiger partial charge in [0.25, 0.3) is 0 Å². The van der Waals surface area contributed by atoms with E-state index in [1.165, 1.54) is 0 Å². The first-order chi connectivity index (χ1) is 10.1. The van der Waals surface area contributed by atoms with Gasteiger partial charge in [0, 0.05) is 29.4 Å². The first kappa shape index (κ1) is 14.9. The second-order valence-corrected chi connectivity index (χ2v) is 5.20.